The second-order valence-corrected chi connectivity index (χ2v) is 6.05. The summed E-state index contributed by atoms with van der Waals surface area (Å²) in [5.41, 5.74) is 2.00. The smallest absolute Gasteiger partial charge is 0.312 e. The number of carbonyl (C=O) groups excluding carboxylic acids is 1. The van der Waals surface area contributed by atoms with Crippen molar-refractivity contribution in [2.75, 3.05) is 5.32 Å². The zero-order chi connectivity index (χ0) is 18.3. The van der Waals surface area contributed by atoms with Gasteiger partial charge in [0.25, 0.3) is 0 Å². The lowest BCUT2D eigenvalue weighted by molar-refractivity contribution is -0.386. The van der Waals surface area contributed by atoms with Gasteiger partial charge in [-0.1, -0.05) is 11.6 Å². The van der Waals surface area contributed by atoms with Crippen molar-refractivity contribution in [1.82, 2.24) is 19.3 Å². The highest BCUT2D eigenvalue weighted by Crippen LogP contribution is 2.23. The number of anilines is 1. The third-order valence-electron chi connectivity index (χ3n) is 3.91. The summed E-state index contributed by atoms with van der Waals surface area (Å²) < 4.78 is 3.04. The third kappa shape index (κ3) is 3.05. The van der Waals surface area contributed by atoms with E-state index in [4.69, 9.17) is 11.6 Å². The molecule has 1 aromatic carbocycles. The predicted octanol–water partition coefficient (Wildman–Crippen LogP) is 2.59. The summed E-state index contributed by atoms with van der Waals surface area (Å²) in [4.78, 5) is 27.2. The van der Waals surface area contributed by atoms with E-state index in [9.17, 15) is 14.9 Å². The highest BCUT2D eigenvalue weighted by atomic mass is 35.5. The largest absolute Gasteiger partial charge is 0.313 e. The quantitative estimate of drug-likeness (QED) is 0.566. The molecular formula is C15H15ClN6O3. The molecule has 2 aromatic heterocycles. The fourth-order valence-electron chi connectivity index (χ4n) is 2.69. The maximum absolute atomic E-state index is 12.3. The van der Waals surface area contributed by atoms with Gasteiger partial charge in [0, 0.05) is 12.1 Å². The topological polar surface area (TPSA) is 108 Å². The zero-order valence-electron chi connectivity index (χ0n) is 13.8. The predicted molar refractivity (Wildman–Crippen MR) is 92.7 cm³/mol. The molecule has 3 aromatic rings. The highest BCUT2D eigenvalue weighted by molar-refractivity contribution is 6.31. The first-order valence-electron chi connectivity index (χ1n) is 7.38. The minimum absolute atomic E-state index is 0.0785. The number of nitrogens with zero attached hydrogens (tertiary/aromatic N) is 5. The first-order chi connectivity index (χ1) is 11.8. The molecule has 1 N–H and O–H groups in total. The minimum atomic E-state index is -0.499. The van der Waals surface area contributed by atoms with Gasteiger partial charge in [-0.3, -0.25) is 24.9 Å². The molecule has 9 nitrogen and oxygen atoms in total. The Labute approximate surface area is 147 Å². The van der Waals surface area contributed by atoms with E-state index < -0.39 is 4.92 Å². The molecule has 10 heteroatoms. The molecule has 0 aliphatic rings. The number of rotatable bonds is 4. The third-order valence-corrected chi connectivity index (χ3v) is 4.15. The molecular weight excluding hydrogens is 348 g/mol. The van der Waals surface area contributed by atoms with Gasteiger partial charge in [-0.25, -0.2) is 4.98 Å². The van der Waals surface area contributed by atoms with Crippen LogP contribution in [-0.4, -0.2) is 30.2 Å². The van der Waals surface area contributed by atoms with Crippen LogP contribution in [-0.2, 0) is 18.4 Å². The van der Waals surface area contributed by atoms with Crippen molar-refractivity contribution in [3.05, 3.63) is 44.7 Å². The average molecular weight is 363 g/mol. The van der Waals surface area contributed by atoms with E-state index in [-0.39, 0.29) is 23.8 Å². The van der Waals surface area contributed by atoms with Gasteiger partial charge in [0.05, 0.1) is 16.0 Å². The van der Waals surface area contributed by atoms with Crippen molar-refractivity contribution in [3.8, 4) is 0 Å². The molecule has 0 aliphatic heterocycles. The summed E-state index contributed by atoms with van der Waals surface area (Å²) in [7, 11) is 1.77. The number of halogens is 1. The van der Waals surface area contributed by atoms with Crippen molar-refractivity contribution < 1.29 is 9.72 Å². The lowest BCUT2D eigenvalue weighted by Crippen LogP contribution is -2.22. The number of imidazole rings is 1. The molecule has 0 fully saturated rings. The van der Waals surface area contributed by atoms with Crippen molar-refractivity contribution in [2.24, 2.45) is 7.05 Å². The van der Waals surface area contributed by atoms with Crippen molar-refractivity contribution >= 4 is 40.2 Å². The van der Waals surface area contributed by atoms with Crippen LogP contribution in [0.15, 0.2) is 18.2 Å². The molecule has 130 valence electrons. The first kappa shape index (κ1) is 16.9. The second-order valence-electron chi connectivity index (χ2n) is 5.61. The average Bonchev–Trinajstić information content (AvgIpc) is 2.96. The molecule has 0 saturated carbocycles. The standard InChI is InChI=1S/C15H15ClN6O3/c1-8-14(22(24)25)9(2)21(19-8)7-13(23)18-15-17-11-6-10(16)4-5-12(11)20(15)3/h4-6H,7H2,1-3H3,(H,17,18,23). The monoisotopic (exact) mass is 362 g/mol. The Hall–Kier alpha value is -2.94. The highest BCUT2D eigenvalue weighted by Gasteiger charge is 2.23. The van der Waals surface area contributed by atoms with Crippen molar-refractivity contribution in [2.45, 2.75) is 20.4 Å². The Morgan fingerprint density at radius 2 is 2.12 bits per heavy atom. The van der Waals surface area contributed by atoms with E-state index in [2.05, 4.69) is 15.4 Å². The number of aromatic nitrogens is 4. The molecule has 0 aliphatic carbocycles. The molecule has 2 heterocycles. The molecule has 0 unspecified atom stereocenters. The summed E-state index contributed by atoms with van der Waals surface area (Å²) in [6, 6.07) is 5.26. The van der Waals surface area contributed by atoms with Crippen LogP contribution in [0, 0.1) is 24.0 Å². The van der Waals surface area contributed by atoms with Gasteiger partial charge in [-0.15, -0.1) is 0 Å². The lowest BCUT2D eigenvalue weighted by atomic mass is 10.3. The van der Waals surface area contributed by atoms with Gasteiger partial charge < -0.3 is 4.57 Å². The minimum Gasteiger partial charge on any atom is -0.313 e. The summed E-state index contributed by atoms with van der Waals surface area (Å²) >= 11 is 5.95. The van der Waals surface area contributed by atoms with Gasteiger partial charge in [-0.05, 0) is 32.0 Å². The van der Waals surface area contributed by atoms with Crippen LogP contribution in [0.1, 0.15) is 11.4 Å². The van der Waals surface area contributed by atoms with Crippen LogP contribution in [0.5, 0.6) is 0 Å². The van der Waals surface area contributed by atoms with Gasteiger partial charge in [0.2, 0.25) is 11.9 Å². The molecule has 25 heavy (non-hydrogen) atoms. The number of hydrogen-bond donors (Lipinski definition) is 1. The SMILES string of the molecule is Cc1nn(CC(=O)Nc2nc3cc(Cl)ccc3n2C)c(C)c1[N+](=O)[O-]. The summed E-state index contributed by atoms with van der Waals surface area (Å²) in [5, 5.41) is 18.3. The van der Waals surface area contributed by atoms with Crippen molar-refractivity contribution in [1.29, 1.82) is 0 Å². The van der Waals surface area contributed by atoms with Gasteiger partial charge in [0.1, 0.15) is 17.9 Å². The van der Waals surface area contributed by atoms with Gasteiger partial charge in [-0.2, -0.15) is 5.10 Å². The molecule has 1 amide bonds. The van der Waals surface area contributed by atoms with Crippen LogP contribution < -0.4 is 5.32 Å². The number of aryl methyl sites for hydroxylation is 2. The van der Waals surface area contributed by atoms with Crippen LogP contribution in [0.3, 0.4) is 0 Å². The van der Waals surface area contributed by atoms with E-state index in [0.29, 0.717) is 22.2 Å². The number of benzene rings is 1. The Morgan fingerprint density at radius 3 is 2.76 bits per heavy atom. The number of hydrogen-bond acceptors (Lipinski definition) is 5. The van der Waals surface area contributed by atoms with Crippen LogP contribution in [0.25, 0.3) is 11.0 Å². The van der Waals surface area contributed by atoms with E-state index in [1.165, 1.54) is 11.6 Å². The van der Waals surface area contributed by atoms with Crippen molar-refractivity contribution in [3.63, 3.8) is 0 Å². The fraction of sp³-hybridized carbons (Fsp3) is 0.267. The second kappa shape index (κ2) is 6.17. The van der Waals surface area contributed by atoms with Gasteiger partial charge in [0.15, 0.2) is 0 Å². The molecule has 0 bridgehead atoms. The Kier molecular flexibility index (Phi) is 4.17. The number of carbonyl (C=O) groups is 1. The maximum Gasteiger partial charge on any atom is 0.312 e. The summed E-state index contributed by atoms with van der Waals surface area (Å²) in [6.45, 7) is 2.95. The normalized spacial score (nSPS) is 11.0. The van der Waals surface area contributed by atoms with E-state index in [1.54, 1.807) is 30.7 Å². The molecule has 0 atom stereocenters. The summed E-state index contributed by atoms with van der Waals surface area (Å²) in [5.74, 6) is -0.0247. The first-order valence-corrected chi connectivity index (χ1v) is 7.76. The zero-order valence-corrected chi connectivity index (χ0v) is 14.5. The van der Waals surface area contributed by atoms with Crippen LogP contribution >= 0.6 is 11.6 Å². The van der Waals surface area contributed by atoms with E-state index >= 15 is 0 Å². The van der Waals surface area contributed by atoms with E-state index in [0.717, 1.165) is 5.52 Å². The number of nitrogens with one attached hydrogen (secondary N) is 1. The number of amides is 1. The molecule has 0 saturated heterocycles. The Morgan fingerprint density at radius 1 is 1.40 bits per heavy atom. The lowest BCUT2D eigenvalue weighted by Gasteiger charge is -2.06. The Bertz CT molecular complexity index is 1010. The number of nitro groups is 1. The van der Waals surface area contributed by atoms with E-state index in [1.807, 2.05) is 6.07 Å². The maximum atomic E-state index is 12.3. The summed E-state index contributed by atoms with van der Waals surface area (Å²) in [6.07, 6.45) is 0. The number of fused-ring (bicyclic) bond motifs is 1. The van der Waals surface area contributed by atoms with Gasteiger partial charge >= 0.3 is 5.69 Å². The van der Waals surface area contributed by atoms with Crippen LogP contribution in [0.4, 0.5) is 11.6 Å². The fourth-order valence-corrected chi connectivity index (χ4v) is 2.86. The molecule has 0 radical (unpaired) electrons. The molecule has 3 rings (SSSR count). The molecule has 0 spiro atoms. The Balaban J connectivity index is 1.83. The van der Waals surface area contributed by atoms with Crippen LogP contribution in [0.2, 0.25) is 5.02 Å².